The first-order chi connectivity index (χ1) is 12.4. The topological polar surface area (TPSA) is 58.2 Å². The maximum atomic E-state index is 14.5. The lowest BCUT2D eigenvalue weighted by Gasteiger charge is -2.36. The highest BCUT2D eigenvalue weighted by Gasteiger charge is 2.37. The molecule has 3 atom stereocenters. The van der Waals surface area contributed by atoms with Crippen LogP contribution in [0.1, 0.15) is 57.1 Å². The van der Waals surface area contributed by atoms with E-state index in [1.165, 1.54) is 19.1 Å². The lowest BCUT2D eigenvalue weighted by molar-refractivity contribution is -0.126. The van der Waals surface area contributed by atoms with Crippen molar-refractivity contribution in [2.24, 2.45) is 11.8 Å². The number of nitrogens with one attached hydrogen (secondary N) is 2. The molecule has 2 aliphatic carbocycles. The van der Waals surface area contributed by atoms with Gasteiger partial charge in [0.25, 0.3) is 0 Å². The average Bonchev–Trinajstić information content (AvgIpc) is 2.97. The van der Waals surface area contributed by atoms with Crippen LogP contribution in [0, 0.1) is 17.7 Å². The van der Waals surface area contributed by atoms with Crippen molar-refractivity contribution in [1.82, 2.24) is 10.6 Å². The van der Waals surface area contributed by atoms with Crippen LogP contribution >= 0.6 is 23.2 Å². The standard InChI is InChI=1S/C19H23Cl2FN2O2/c1-10(25)23-13-6-5-12(9-13)19(26)24-18(11-3-2-4-11)16-15(22)8-7-14(20)17(16)21/h7-8,11-13,18H,2-6,9H2,1H3,(H,23,25)(H,24,26). The Labute approximate surface area is 162 Å². The molecule has 2 fully saturated rings. The molecule has 0 aliphatic heterocycles. The molecule has 1 aromatic rings. The van der Waals surface area contributed by atoms with Gasteiger partial charge in [0.1, 0.15) is 5.82 Å². The Hall–Kier alpha value is -1.33. The van der Waals surface area contributed by atoms with E-state index < -0.39 is 11.9 Å². The Morgan fingerprint density at radius 2 is 1.92 bits per heavy atom. The molecular formula is C19H23Cl2FN2O2. The minimum atomic E-state index is -0.470. The lowest BCUT2D eigenvalue weighted by Crippen LogP contribution is -2.40. The number of benzene rings is 1. The predicted octanol–water partition coefficient (Wildman–Crippen LogP) is 4.39. The number of carbonyl (C=O) groups is 2. The summed E-state index contributed by atoms with van der Waals surface area (Å²) in [6, 6.07) is 2.28. The normalized spacial score (nSPS) is 24.0. The summed E-state index contributed by atoms with van der Waals surface area (Å²) < 4.78 is 14.5. The molecule has 4 nitrogen and oxygen atoms in total. The first kappa shape index (κ1) is 19.4. The van der Waals surface area contributed by atoms with Gasteiger partial charge in [0, 0.05) is 24.4 Å². The van der Waals surface area contributed by atoms with Crippen LogP contribution in [-0.4, -0.2) is 17.9 Å². The molecule has 0 radical (unpaired) electrons. The molecule has 3 rings (SSSR count). The zero-order valence-electron chi connectivity index (χ0n) is 14.7. The fraction of sp³-hybridized carbons (Fsp3) is 0.579. The van der Waals surface area contributed by atoms with Gasteiger partial charge in [-0.15, -0.1) is 0 Å². The highest BCUT2D eigenvalue weighted by Crippen LogP contribution is 2.43. The Kier molecular flexibility index (Phi) is 6.08. The van der Waals surface area contributed by atoms with Crippen molar-refractivity contribution in [2.45, 2.75) is 57.5 Å². The molecule has 0 aromatic heterocycles. The minimum Gasteiger partial charge on any atom is -0.354 e. The quantitative estimate of drug-likeness (QED) is 0.719. The van der Waals surface area contributed by atoms with Gasteiger partial charge in [-0.1, -0.05) is 29.6 Å². The summed E-state index contributed by atoms with van der Waals surface area (Å²) in [5.41, 5.74) is 0.286. The summed E-state index contributed by atoms with van der Waals surface area (Å²) in [5.74, 6) is -0.659. The SMILES string of the molecule is CC(=O)NC1CCC(C(=O)NC(c2c(F)ccc(Cl)c2Cl)C2CCC2)C1. The predicted molar refractivity (Wildman–Crippen MR) is 99.6 cm³/mol. The van der Waals surface area contributed by atoms with Crippen molar-refractivity contribution >= 4 is 35.0 Å². The van der Waals surface area contributed by atoms with Crippen molar-refractivity contribution in [3.63, 3.8) is 0 Å². The van der Waals surface area contributed by atoms with Gasteiger partial charge in [0.15, 0.2) is 0 Å². The van der Waals surface area contributed by atoms with Gasteiger partial charge < -0.3 is 10.6 Å². The van der Waals surface area contributed by atoms with Gasteiger partial charge in [-0.05, 0) is 50.2 Å². The van der Waals surface area contributed by atoms with Gasteiger partial charge in [-0.3, -0.25) is 9.59 Å². The summed E-state index contributed by atoms with van der Waals surface area (Å²) in [6.45, 7) is 1.48. The van der Waals surface area contributed by atoms with Gasteiger partial charge in [-0.2, -0.15) is 0 Å². The fourth-order valence-electron chi connectivity index (χ4n) is 3.94. The second kappa shape index (κ2) is 8.13. The van der Waals surface area contributed by atoms with Gasteiger partial charge in [0.05, 0.1) is 16.1 Å². The van der Waals surface area contributed by atoms with Crippen LogP contribution in [0.25, 0.3) is 0 Å². The van der Waals surface area contributed by atoms with Crippen molar-refractivity contribution in [1.29, 1.82) is 0 Å². The number of hydrogen-bond donors (Lipinski definition) is 2. The summed E-state index contributed by atoms with van der Waals surface area (Å²) in [5, 5.41) is 6.35. The Morgan fingerprint density at radius 1 is 1.19 bits per heavy atom. The molecule has 0 bridgehead atoms. The molecule has 2 aliphatic rings. The van der Waals surface area contributed by atoms with E-state index in [1.807, 2.05) is 0 Å². The second-order valence-corrected chi connectivity index (χ2v) is 8.13. The maximum absolute atomic E-state index is 14.5. The maximum Gasteiger partial charge on any atom is 0.223 e. The van der Waals surface area contributed by atoms with E-state index >= 15 is 0 Å². The zero-order chi connectivity index (χ0) is 18.8. The molecule has 2 amide bonds. The van der Waals surface area contributed by atoms with E-state index in [0.29, 0.717) is 12.8 Å². The van der Waals surface area contributed by atoms with E-state index in [1.54, 1.807) is 0 Å². The molecule has 26 heavy (non-hydrogen) atoms. The van der Waals surface area contributed by atoms with Gasteiger partial charge in [0.2, 0.25) is 11.8 Å². The molecule has 2 saturated carbocycles. The number of rotatable bonds is 5. The number of halogens is 3. The third kappa shape index (κ3) is 4.15. The zero-order valence-corrected chi connectivity index (χ0v) is 16.2. The average molecular weight is 401 g/mol. The van der Waals surface area contributed by atoms with E-state index in [2.05, 4.69) is 10.6 Å². The first-order valence-corrected chi connectivity index (χ1v) is 9.83. The van der Waals surface area contributed by atoms with E-state index in [9.17, 15) is 14.0 Å². The van der Waals surface area contributed by atoms with Crippen LogP contribution in [0.3, 0.4) is 0 Å². The summed E-state index contributed by atoms with van der Waals surface area (Å²) >= 11 is 12.3. The monoisotopic (exact) mass is 400 g/mol. The third-order valence-electron chi connectivity index (χ3n) is 5.52. The van der Waals surface area contributed by atoms with Crippen molar-refractivity contribution in [3.8, 4) is 0 Å². The Bertz CT molecular complexity index is 709. The van der Waals surface area contributed by atoms with Crippen molar-refractivity contribution < 1.29 is 14.0 Å². The summed E-state index contributed by atoms with van der Waals surface area (Å²) in [7, 11) is 0. The highest BCUT2D eigenvalue weighted by atomic mass is 35.5. The van der Waals surface area contributed by atoms with E-state index in [0.717, 1.165) is 25.7 Å². The van der Waals surface area contributed by atoms with Crippen LogP contribution in [0.4, 0.5) is 4.39 Å². The third-order valence-corrected chi connectivity index (χ3v) is 6.34. The molecule has 0 spiro atoms. The minimum absolute atomic E-state index is 0.0249. The molecular weight excluding hydrogens is 378 g/mol. The lowest BCUT2D eigenvalue weighted by atomic mass is 9.76. The molecule has 142 valence electrons. The largest absolute Gasteiger partial charge is 0.354 e. The number of hydrogen-bond acceptors (Lipinski definition) is 2. The smallest absolute Gasteiger partial charge is 0.223 e. The summed E-state index contributed by atoms with van der Waals surface area (Å²) in [6.07, 6.45) is 5.00. The molecule has 7 heteroatoms. The van der Waals surface area contributed by atoms with Crippen molar-refractivity contribution in [2.75, 3.05) is 0 Å². The van der Waals surface area contributed by atoms with Crippen LogP contribution in [0.15, 0.2) is 12.1 Å². The first-order valence-electron chi connectivity index (χ1n) is 9.07. The highest BCUT2D eigenvalue weighted by molar-refractivity contribution is 6.42. The molecule has 3 unspecified atom stereocenters. The second-order valence-electron chi connectivity index (χ2n) is 7.34. The molecule has 1 aromatic carbocycles. The number of carbonyl (C=O) groups excluding carboxylic acids is 2. The Balaban J connectivity index is 1.75. The molecule has 0 saturated heterocycles. The van der Waals surface area contributed by atoms with Crippen LogP contribution in [0.5, 0.6) is 0 Å². The fourth-order valence-corrected chi connectivity index (χ4v) is 4.37. The van der Waals surface area contributed by atoms with E-state index in [-0.39, 0.29) is 45.3 Å². The van der Waals surface area contributed by atoms with Crippen molar-refractivity contribution in [3.05, 3.63) is 33.6 Å². The van der Waals surface area contributed by atoms with E-state index in [4.69, 9.17) is 23.2 Å². The van der Waals surface area contributed by atoms with Crippen LogP contribution in [0.2, 0.25) is 10.0 Å². The van der Waals surface area contributed by atoms with Gasteiger partial charge >= 0.3 is 0 Å². The Morgan fingerprint density at radius 3 is 2.54 bits per heavy atom. The number of amides is 2. The summed E-state index contributed by atoms with van der Waals surface area (Å²) in [4.78, 5) is 24.0. The molecule has 0 heterocycles. The van der Waals surface area contributed by atoms with Gasteiger partial charge in [-0.25, -0.2) is 4.39 Å². The van der Waals surface area contributed by atoms with Crippen LogP contribution in [-0.2, 0) is 9.59 Å². The molecule has 2 N–H and O–H groups in total. The van der Waals surface area contributed by atoms with Crippen LogP contribution < -0.4 is 10.6 Å².